The van der Waals surface area contributed by atoms with Gasteiger partial charge in [0.25, 0.3) is 0 Å². The Hall–Kier alpha value is -2.83. The van der Waals surface area contributed by atoms with Gasteiger partial charge in [-0.2, -0.15) is 0 Å². The van der Waals surface area contributed by atoms with Gasteiger partial charge in [-0.1, -0.05) is 42.5 Å². The molecule has 0 unspecified atom stereocenters. The van der Waals surface area contributed by atoms with E-state index in [1.54, 1.807) is 0 Å². The van der Waals surface area contributed by atoms with Crippen molar-refractivity contribution in [2.45, 2.75) is 19.5 Å². The zero-order valence-electron chi connectivity index (χ0n) is 16.5. The fourth-order valence-electron chi connectivity index (χ4n) is 4.30. The summed E-state index contributed by atoms with van der Waals surface area (Å²) in [5.74, 6) is 1.72. The maximum Gasteiger partial charge on any atom is 0.182 e. The standard InChI is InChI=1S/C23H25N5O/c29-20-14-24-23-22-18(20)8-4-9-19(22)25-21(26-23)16-28-11-5-10-27(12-13-28)15-17-6-2-1-3-7-17/h1-4,6-9H,5,10-16H2,(H,24,25,26). The molecule has 148 valence electrons. The van der Waals surface area contributed by atoms with Gasteiger partial charge < -0.3 is 5.32 Å². The van der Waals surface area contributed by atoms with Crippen LogP contribution in [0.3, 0.4) is 0 Å². The maximum absolute atomic E-state index is 12.1. The molecule has 5 rings (SSSR count). The summed E-state index contributed by atoms with van der Waals surface area (Å²) in [6, 6.07) is 16.4. The first kappa shape index (κ1) is 18.2. The molecular weight excluding hydrogens is 362 g/mol. The molecule has 0 bridgehead atoms. The van der Waals surface area contributed by atoms with Crippen molar-refractivity contribution in [2.75, 3.05) is 38.0 Å². The molecule has 6 heteroatoms. The number of anilines is 1. The highest BCUT2D eigenvalue weighted by Crippen LogP contribution is 2.28. The van der Waals surface area contributed by atoms with E-state index in [4.69, 9.17) is 9.97 Å². The summed E-state index contributed by atoms with van der Waals surface area (Å²) < 4.78 is 0. The van der Waals surface area contributed by atoms with Crippen molar-refractivity contribution in [1.29, 1.82) is 0 Å². The topological polar surface area (TPSA) is 61.4 Å². The van der Waals surface area contributed by atoms with Crippen LogP contribution in [0.1, 0.15) is 28.2 Å². The van der Waals surface area contributed by atoms with Gasteiger partial charge in [0.1, 0.15) is 11.6 Å². The Bertz CT molecular complexity index is 1040. The number of carbonyl (C=O) groups excluding carboxylic acids is 1. The molecule has 2 aromatic carbocycles. The molecule has 2 aliphatic rings. The average molecular weight is 387 g/mol. The highest BCUT2D eigenvalue weighted by molar-refractivity contribution is 6.15. The first-order valence-electron chi connectivity index (χ1n) is 10.3. The minimum atomic E-state index is 0.102. The Balaban J connectivity index is 1.30. The number of benzene rings is 2. The molecule has 0 saturated carbocycles. The van der Waals surface area contributed by atoms with E-state index in [9.17, 15) is 4.79 Å². The summed E-state index contributed by atoms with van der Waals surface area (Å²) in [5, 5.41) is 4.03. The van der Waals surface area contributed by atoms with Gasteiger partial charge in [0.15, 0.2) is 5.78 Å². The van der Waals surface area contributed by atoms with Crippen LogP contribution < -0.4 is 5.32 Å². The quantitative estimate of drug-likeness (QED) is 0.743. The second kappa shape index (κ2) is 7.89. The molecule has 6 nitrogen and oxygen atoms in total. The van der Waals surface area contributed by atoms with Gasteiger partial charge in [-0.15, -0.1) is 0 Å². The lowest BCUT2D eigenvalue weighted by Gasteiger charge is -2.22. The molecule has 3 aromatic rings. The molecule has 1 aromatic heterocycles. The van der Waals surface area contributed by atoms with Crippen molar-refractivity contribution in [3.63, 3.8) is 0 Å². The Morgan fingerprint density at radius 1 is 0.862 bits per heavy atom. The van der Waals surface area contributed by atoms with Crippen molar-refractivity contribution in [1.82, 2.24) is 19.8 Å². The van der Waals surface area contributed by atoms with E-state index >= 15 is 0 Å². The highest BCUT2D eigenvalue weighted by Gasteiger charge is 2.22. The predicted molar refractivity (Wildman–Crippen MR) is 114 cm³/mol. The molecule has 1 fully saturated rings. The van der Waals surface area contributed by atoms with Gasteiger partial charge >= 0.3 is 0 Å². The third kappa shape index (κ3) is 3.86. The Labute approximate surface area is 170 Å². The molecule has 0 radical (unpaired) electrons. The van der Waals surface area contributed by atoms with Crippen LogP contribution in [0, 0.1) is 0 Å². The number of hydrogen-bond donors (Lipinski definition) is 1. The third-order valence-electron chi connectivity index (χ3n) is 5.78. The van der Waals surface area contributed by atoms with E-state index in [1.807, 2.05) is 18.2 Å². The Kier molecular flexibility index (Phi) is 4.96. The van der Waals surface area contributed by atoms with E-state index in [0.29, 0.717) is 6.54 Å². The number of aromatic nitrogens is 2. The fraction of sp³-hybridized carbons (Fsp3) is 0.348. The largest absolute Gasteiger partial charge is 0.362 e. The SMILES string of the molecule is O=C1CNc2nc(CN3CCCN(Cc4ccccc4)CC3)nc3cccc1c23. The van der Waals surface area contributed by atoms with Crippen LogP contribution in [-0.2, 0) is 13.1 Å². The molecule has 29 heavy (non-hydrogen) atoms. The summed E-state index contributed by atoms with van der Waals surface area (Å²) in [5.41, 5.74) is 2.95. The summed E-state index contributed by atoms with van der Waals surface area (Å²) in [7, 11) is 0. The first-order chi connectivity index (χ1) is 14.3. The van der Waals surface area contributed by atoms with Crippen molar-refractivity contribution in [3.8, 4) is 0 Å². The lowest BCUT2D eigenvalue weighted by molar-refractivity contribution is 0.101. The molecule has 2 aliphatic heterocycles. The molecule has 0 amide bonds. The van der Waals surface area contributed by atoms with Gasteiger partial charge in [0.05, 0.1) is 24.0 Å². The molecule has 0 atom stereocenters. The van der Waals surface area contributed by atoms with Crippen LogP contribution in [0.4, 0.5) is 5.82 Å². The van der Waals surface area contributed by atoms with E-state index in [2.05, 4.69) is 45.4 Å². The fourth-order valence-corrected chi connectivity index (χ4v) is 4.30. The smallest absolute Gasteiger partial charge is 0.182 e. The van der Waals surface area contributed by atoms with Crippen LogP contribution >= 0.6 is 0 Å². The molecule has 1 saturated heterocycles. The van der Waals surface area contributed by atoms with Crippen molar-refractivity contribution >= 4 is 22.5 Å². The highest BCUT2D eigenvalue weighted by atomic mass is 16.1. The summed E-state index contributed by atoms with van der Waals surface area (Å²) in [6.45, 7) is 6.27. The number of carbonyl (C=O) groups is 1. The molecule has 0 aliphatic carbocycles. The van der Waals surface area contributed by atoms with Crippen molar-refractivity contribution in [3.05, 3.63) is 65.5 Å². The zero-order valence-corrected chi connectivity index (χ0v) is 16.5. The molecule has 1 N–H and O–H groups in total. The van der Waals surface area contributed by atoms with Gasteiger partial charge in [-0.3, -0.25) is 14.6 Å². The monoisotopic (exact) mass is 387 g/mol. The maximum atomic E-state index is 12.1. The number of ketones is 1. The lowest BCUT2D eigenvalue weighted by atomic mass is 10.0. The number of hydrogen-bond acceptors (Lipinski definition) is 6. The van der Waals surface area contributed by atoms with Gasteiger partial charge in [-0.25, -0.2) is 9.97 Å². The lowest BCUT2D eigenvalue weighted by Crippen LogP contribution is -2.31. The summed E-state index contributed by atoms with van der Waals surface area (Å²) in [4.78, 5) is 26.6. The van der Waals surface area contributed by atoms with Crippen LogP contribution in [0.25, 0.3) is 10.9 Å². The zero-order chi connectivity index (χ0) is 19.6. The molecule has 0 spiro atoms. The number of Topliss-reactive ketones (excluding diaryl/α,β-unsaturated/α-hetero) is 1. The second-order valence-electron chi connectivity index (χ2n) is 7.86. The van der Waals surface area contributed by atoms with Crippen molar-refractivity contribution < 1.29 is 4.79 Å². The third-order valence-corrected chi connectivity index (χ3v) is 5.78. The minimum Gasteiger partial charge on any atom is -0.362 e. The van der Waals surface area contributed by atoms with Crippen LogP contribution in [0.15, 0.2) is 48.5 Å². The van der Waals surface area contributed by atoms with E-state index in [-0.39, 0.29) is 5.78 Å². The minimum absolute atomic E-state index is 0.102. The Morgan fingerprint density at radius 2 is 1.66 bits per heavy atom. The summed E-state index contributed by atoms with van der Waals surface area (Å²) in [6.07, 6.45) is 1.14. The molecule has 3 heterocycles. The van der Waals surface area contributed by atoms with E-state index in [1.165, 1.54) is 5.56 Å². The van der Waals surface area contributed by atoms with Crippen molar-refractivity contribution in [2.24, 2.45) is 0 Å². The van der Waals surface area contributed by atoms with Gasteiger partial charge in [0, 0.05) is 25.2 Å². The number of rotatable bonds is 4. The Morgan fingerprint density at radius 3 is 2.48 bits per heavy atom. The van der Waals surface area contributed by atoms with Gasteiger partial charge in [-0.05, 0) is 31.1 Å². The van der Waals surface area contributed by atoms with E-state index < -0.39 is 0 Å². The van der Waals surface area contributed by atoms with Gasteiger partial charge in [0.2, 0.25) is 0 Å². The average Bonchev–Trinajstić information content (AvgIpc) is 2.96. The predicted octanol–water partition coefficient (Wildman–Crippen LogP) is 2.95. The van der Waals surface area contributed by atoms with Crippen LogP contribution in [0.2, 0.25) is 0 Å². The second-order valence-corrected chi connectivity index (χ2v) is 7.86. The van der Waals surface area contributed by atoms with Crippen LogP contribution in [0.5, 0.6) is 0 Å². The normalized spacial score (nSPS) is 17.9. The number of nitrogens with zero attached hydrogens (tertiary/aromatic N) is 4. The number of nitrogens with one attached hydrogen (secondary N) is 1. The van der Waals surface area contributed by atoms with E-state index in [0.717, 1.165) is 73.8 Å². The van der Waals surface area contributed by atoms with Crippen LogP contribution in [-0.4, -0.2) is 58.3 Å². The first-order valence-corrected chi connectivity index (χ1v) is 10.3. The summed E-state index contributed by atoms with van der Waals surface area (Å²) >= 11 is 0. The molecular formula is C23H25N5O.